The van der Waals surface area contributed by atoms with Gasteiger partial charge in [0.1, 0.15) is 23.7 Å². The number of carbonyl (C=O) groups excluding carboxylic acids is 3. The molecule has 2 aromatic rings. The summed E-state index contributed by atoms with van der Waals surface area (Å²) in [5, 5.41) is 0. The first-order valence-electron chi connectivity index (χ1n) is 9.34. The Morgan fingerprint density at radius 3 is 2.03 bits per heavy atom. The van der Waals surface area contributed by atoms with Gasteiger partial charge < -0.3 is 14.2 Å². The summed E-state index contributed by atoms with van der Waals surface area (Å²) in [6.07, 6.45) is 0. The van der Waals surface area contributed by atoms with Crippen molar-refractivity contribution in [1.82, 2.24) is 0 Å². The highest BCUT2D eigenvalue weighted by Gasteiger charge is 2.25. The fourth-order valence-electron chi connectivity index (χ4n) is 2.41. The van der Waals surface area contributed by atoms with Gasteiger partial charge in [0.15, 0.2) is 0 Å². The minimum absolute atomic E-state index is 0.0154. The molecule has 0 heterocycles. The molecule has 0 spiro atoms. The second-order valence-corrected chi connectivity index (χ2v) is 11.5. The van der Waals surface area contributed by atoms with Crippen LogP contribution in [0, 0.1) is 7.14 Å². The molecule has 0 aliphatic heterocycles. The van der Waals surface area contributed by atoms with Crippen molar-refractivity contribution in [3.8, 4) is 5.75 Å². The Balaban J connectivity index is 2.28. The summed E-state index contributed by atoms with van der Waals surface area (Å²) in [5.74, 6) is -3.08. The number of halogens is 2. The molecule has 33 heavy (non-hydrogen) atoms. The summed E-state index contributed by atoms with van der Waals surface area (Å²) >= 11 is 3.80. The van der Waals surface area contributed by atoms with Gasteiger partial charge >= 0.3 is 17.9 Å². The van der Waals surface area contributed by atoms with Crippen molar-refractivity contribution in [2.75, 3.05) is 12.4 Å². The van der Waals surface area contributed by atoms with E-state index < -0.39 is 46.0 Å². The van der Waals surface area contributed by atoms with Gasteiger partial charge in [-0.15, -0.1) is 0 Å². The highest BCUT2D eigenvalue weighted by Crippen LogP contribution is 2.28. The number of hydrogen-bond donors (Lipinski definition) is 1. The van der Waals surface area contributed by atoms with Gasteiger partial charge in [0.05, 0.1) is 20.3 Å². The van der Waals surface area contributed by atoms with Gasteiger partial charge in [-0.25, -0.2) is 14.4 Å². The highest BCUT2D eigenvalue weighted by molar-refractivity contribution is 14.1. The second kappa shape index (κ2) is 11.1. The fourth-order valence-corrected chi connectivity index (χ4v) is 4.56. The number of ether oxygens (including phenoxy) is 3. The molecule has 178 valence electrons. The molecule has 9 nitrogen and oxygen atoms in total. The van der Waals surface area contributed by atoms with Crippen LogP contribution in [-0.2, 0) is 19.6 Å². The molecule has 0 radical (unpaired) electrons. The molecule has 0 fully saturated rings. The monoisotopic (exact) mass is 702 g/mol. The molecular weight excluding hydrogens is 682 g/mol. The Labute approximate surface area is 218 Å². The van der Waals surface area contributed by atoms with Crippen LogP contribution in [0.1, 0.15) is 51.8 Å². The van der Waals surface area contributed by atoms with E-state index in [0.29, 0.717) is 7.14 Å². The molecule has 2 rings (SSSR count). The van der Waals surface area contributed by atoms with Gasteiger partial charge in [-0.3, -0.25) is 4.55 Å². The van der Waals surface area contributed by atoms with Crippen LogP contribution in [0.5, 0.6) is 5.75 Å². The Hall–Kier alpha value is -1.78. The highest BCUT2D eigenvalue weighted by atomic mass is 127. The lowest BCUT2D eigenvalue weighted by molar-refractivity contribution is 0.00660. The number of rotatable bonds is 7. The molecule has 0 unspecified atom stereocenters. The Kier molecular flexibility index (Phi) is 9.24. The predicted molar refractivity (Wildman–Crippen MR) is 135 cm³/mol. The van der Waals surface area contributed by atoms with Crippen LogP contribution < -0.4 is 4.74 Å². The van der Waals surface area contributed by atoms with Gasteiger partial charge in [0.25, 0.3) is 10.1 Å². The van der Waals surface area contributed by atoms with Gasteiger partial charge in [-0.05, 0) is 90.2 Å². The standard InChI is InChI=1S/C21H20I2O9S/c1-21(2,3)32-20(26)13-7-5-4-6-12(13)19(25)31-17-10-14(15(22)11-16(17)23)18(24)30-8-9-33(27,28)29/h4-7,10-11H,8-9H2,1-3H3,(H,27,28,29). The average molecular weight is 702 g/mol. The van der Waals surface area contributed by atoms with Crippen molar-refractivity contribution >= 4 is 73.2 Å². The first kappa shape index (κ1) is 27.5. The van der Waals surface area contributed by atoms with Crippen LogP contribution in [0.4, 0.5) is 0 Å². The molecule has 0 aromatic heterocycles. The van der Waals surface area contributed by atoms with E-state index in [4.69, 9.17) is 18.8 Å². The van der Waals surface area contributed by atoms with Crippen molar-refractivity contribution in [2.45, 2.75) is 26.4 Å². The summed E-state index contributed by atoms with van der Waals surface area (Å²) < 4.78 is 47.0. The van der Waals surface area contributed by atoms with Crippen LogP contribution in [-0.4, -0.2) is 48.8 Å². The maximum atomic E-state index is 12.9. The third kappa shape index (κ3) is 8.50. The largest absolute Gasteiger partial charge is 0.461 e. The molecule has 0 saturated heterocycles. The van der Waals surface area contributed by atoms with E-state index in [1.807, 2.05) is 45.2 Å². The molecule has 0 bridgehead atoms. The fraction of sp³-hybridized carbons (Fsp3) is 0.286. The molecular formula is C21H20I2O9S. The van der Waals surface area contributed by atoms with Crippen LogP contribution in [0.15, 0.2) is 36.4 Å². The third-order valence-electron chi connectivity index (χ3n) is 3.78. The smallest absolute Gasteiger partial charge is 0.344 e. The van der Waals surface area contributed by atoms with Crippen LogP contribution in [0.25, 0.3) is 0 Å². The van der Waals surface area contributed by atoms with E-state index in [2.05, 4.69) is 0 Å². The van der Waals surface area contributed by atoms with Crippen LogP contribution >= 0.6 is 45.2 Å². The first-order valence-corrected chi connectivity index (χ1v) is 13.1. The minimum Gasteiger partial charge on any atom is -0.461 e. The van der Waals surface area contributed by atoms with Crippen molar-refractivity contribution in [2.24, 2.45) is 0 Å². The minimum atomic E-state index is -4.28. The molecule has 0 aliphatic rings. The summed E-state index contributed by atoms with van der Waals surface area (Å²) in [5.41, 5.74) is -0.708. The molecule has 1 N–H and O–H groups in total. The zero-order valence-electron chi connectivity index (χ0n) is 17.8. The predicted octanol–water partition coefficient (Wildman–Crippen LogP) is 4.11. The molecule has 2 aromatic carbocycles. The van der Waals surface area contributed by atoms with E-state index in [1.165, 1.54) is 18.2 Å². The number of benzene rings is 2. The van der Waals surface area contributed by atoms with Crippen molar-refractivity contribution in [3.05, 3.63) is 60.2 Å². The zero-order valence-corrected chi connectivity index (χ0v) is 22.9. The second-order valence-electron chi connectivity index (χ2n) is 7.62. The zero-order chi connectivity index (χ0) is 25.0. The van der Waals surface area contributed by atoms with E-state index in [0.717, 1.165) is 0 Å². The van der Waals surface area contributed by atoms with Crippen molar-refractivity contribution < 1.29 is 41.6 Å². The lowest BCUT2D eigenvalue weighted by atomic mass is 10.1. The lowest BCUT2D eigenvalue weighted by Crippen LogP contribution is -2.25. The topological polar surface area (TPSA) is 133 Å². The SMILES string of the molecule is CC(C)(C)OC(=O)c1ccccc1C(=O)Oc1cc(C(=O)OCCS(=O)(=O)O)c(I)cc1I. The van der Waals surface area contributed by atoms with E-state index >= 15 is 0 Å². The molecule has 12 heteroatoms. The number of carbonyl (C=O) groups is 3. The van der Waals surface area contributed by atoms with Gasteiger partial charge in [-0.2, -0.15) is 8.42 Å². The van der Waals surface area contributed by atoms with E-state index in [1.54, 1.807) is 39.0 Å². The quantitative estimate of drug-likeness (QED) is 0.196. The molecule has 0 saturated carbocycles. The van der Waals surface area contributed by atoms with Crippen LogP contribution in [0.3, 0.4) is 0 Å². The average Bonchev–Trinajstić information content (AvgIpc) is 2.67. The Morgan fingerprint density at radius 2 is 1.48 bits per heavy atom. The third-order valence-corrected chi connectivity index (χ3v) is 6.20. The maximum absolute atomic E-state index is 12.9. The Morgan fingerprint density at radius 1 is 0.909 bits per heavy atom. The van der Waals surface area contributed by atoms with Crippen molar-refractivity contribution in [3.63, 3.8) is 0 Å². The molecule has 0 amide bonds. The normalized spacial score (nSPS) is 11.6. The Bertz CT molecular complexity index is 1180. The maximum Gasteiger partial charge on any atom is 0.344 e. The lowest BCUT2D eigenvalue weighted by Gasteiger charge is -2.20. The summed E-state index contributed by atoms with van der Waals surface area (Å²) in [4.78, 5) is 37.7. The van der Waals surface area contributed by atoms with Crippen LogP contribution in [0.2, 0.25) is 0 Å². The summed E-state index contributed by atoms with van der Waals surface area (Å²) in [7, 11) is -4.28. The number of esters is 3. The molecule has 0 aliphatic carbocycles. The van der Waals surface area contributed by atoms with E-state index in [9.17, 15) is 22.8 Å². The summed E-state index contributed by atoms with van der Waals surface area (Å²) in [6.45, 7) is 4.57. The first-order chi connectivity index (χ1) is 15.2. The summed E-state index contributed by atoms with van der Waals surface area (Å²) in [6, 6.07) is 8.89. The van der Waals surface area contributed by atoms with Crippen molar-refractivity contribution in [1.29, 1.82) is 0 Å². The molecule has 0 atom stereocenters. The van der Waals surface area contributed by atoms with Gasteiger partial charge in [-0.1, -0.05) is 12.1 Å². The van der Waals surface area contributed by atoms with E-state index in [-0.39, 0.29) is 22.4 Å². The number of hydrogen-bond acceptors (Lipinski definition) is 8. The van der Waals surface area contributed by atoms with Gasteiger partial charge in [0, 0.05) is 3.57 Å². The van der Waals surface area contributed by atoms with Gasteiger partial charge in [0.2, 0.25) is 0 Å².